The summed E-state index contributed by atoms with van der Waals surface area (Å²) >= 11 is 0. The number of likely N-dealkylation sites (tertiary alicyclic amines) is 1. The second-order valence-corrected chi connectivity index (χ2v) is 8.63. The quantitative estimate of drug-likeness (QED) is 0.815. The van der Waals surface area contributed by atoms with E-state index in [0.29, 0.717) is 25.2 Å². The number of nitrogens with zero attached hydrogens (tertiary/aromatic N) is 1. The van der Waals surface area contributed by atoms with Gasteiger partial charge in [0, 0.05) is 24.7 Å². The highest BCUT2D eigenvalue weighted by atomic mass is 35.5. The van der Waals surface area contributed by atoms with Gasteiger partial charge in [-0.05, 0) is 55.5 Å². The highest BCUT2D eigenvalue weighted by molar-refractivity contribution is 7.89. The van der Waals surface area contributed by atoms with E-state index in [1.807, 2.05) is 0 Å². The van der Waals surface area contributed by atoms with Gasteiger partial charge in [0.15, 0.2) is 0 Å². The van der Waals surface area contributed by atoms with Crippen LogP contribution < -0.4 is 10.5 Å². The molecule has 8 heteroatoms. The molecule has 1 amide bonds. The number of amides is 1. The Balaban J connectivity index is 0.00000208. The average molecular weight is 374 g/mol. The molecule has 1 saturated carbocycles. The third-order valence-corrected chi connectivity index (χ3v) is 6.19. The van der Waals surface area contributed by atoms with Crippen LogP contribution in [0.2, 0.25) is 0 Å². The Bertz CT molecular complexity index is 704. The molecule has 0 spiro atoms. The predicted octanol–water partition coefficient (Wildman–Crippen LogP) is 1.36. The largest absolute Gasteiger partial charge is 0.338 e. The number of halogens is 1. The molecule has 0 radical (unpaired) electrons. The summed E-state index contributed by atoms with van der Waals surface area (Å²) in [6.07, 6.45) is 2.68. The molecule has 24 heavy (non-hydrogen) atoms. The zero-order valence-electron chi connectivity index (χ0n) is 13.7. The third-order valence-electron chi connectivity index (χ3n) is 4.65. The lowest BCUT2D eigenvalue weighted by atomic mass is 9.90. The van der Waals surface area contributed by atoms with Crippen molar-refractivity contribution in [3.8, 4) is 0 Å². The number of benzene rings is 1. The topological polar surface area (TPSA) is 92.5 Å². The van der Waals surface area contributed by atoms with Gasteiger partial charge in [0.25, 0.3) is 5.91 Å². The highest BCUT2D eigenvalue weighted by Gasteiger charge is 2.35. The summed E-state index contributed by atoms with van der Waals surface area (Å²) in [6, 6.07) is 6.23. The van der Waals surface area contributed by atoms with Crippen molar-refractivity contribution in [2.24, 2.45) is 11.1 Å². The molecule has 1 aromatic carbocycles. The Morgan fingerprint density at radius 3 is 2.46 bits per heavy atom. The van der Waals surface area contributed by atoms with Gasteiger partial charge in [0.2, 0.25) is 10.0 Å². The van der Waals surface area contributed by atoms with Crippen molar-refractivity contribution in [3.05, 3.63) is 29.8 Å². The lowest BCUT2D eigenvalue weighted by Gasteiger charge is -2.22. The minimum atomic E-state index is -3.47. The fourth-order valence-corrected chi connectivity index (χ4v) is 4.12. The Hall–Kier alpha value is -1.15. The maximum Gasteiger partial charge on any atom is 0.253 e. The van der Waals surface area contributed by atoms with E-state index in [1.165, 1.54) is 12.1 Å². The third kappa shape index (κ3) is 4.08. The van der Waals surface area contributed by atoms with Gasteiger partial charge in [-0.25, -0.2) is 13.1 Å². The molecule has 3 rings (SSSR count). The Labute approximate surface area is 149 Å². The lowest BCUT2D eigenvalue weighted by molar-refractivity contribution is 0.0777. The van der Waals surface area contributed by atoms with E-state index in [0.717, 1.165) is 19.3 Å². The van der Waals surface area contributed by atoms with Crippen molar-refractivity contribution in [2.75, 3.05) is 19.6 Å². The van der Waals surface area contributed by atoms with Crippen LogP contribution in [0.25, 0.3) is 0 Å². The van der Waals surface area contributed by atoms with Crippen molar-refractivity contribution in [1.29, 1.82) is 0 Å². The van der Waals surface area contributed by atoms with E-state index in [9.17, 15) is 13.2 Å². The summed E-state index contributed by atoms with van der Waals surface area (Å²) in [5, 5.41) is 0. The number of rotatable bonds is 5. The fraction of sp³-hybridized carbons (Fsp3) is 0.562. The Kier molecular flexibility index (Phi) is 5.59. The normalized spacial score (nSPS) is 23.8. The van der Waals surface area contributed by atoms with E-state index in [4.69, 9.17) is 5.73 Å². The number of carbonyl (C=O) groups excluding carboxylic acids is 1. The SMILES string of the molecule is CC1(CN)CCN(C(=O)c2ccc(S(=O)(=O)NC3CC3)cc2)C1.Cl. The Morgan fingerprint density at radius 1 is 1.33 bits per heavy atom. The van der Waals surface area contributed by atoms with Crippen LogP contribution in [0.1, 0.15) is 36.5 Å². The summed E-state index contributed by atoms with van der Waals surface area (Å²) in [5.41, 5.74) is 6.26. The summed E-state index contributed by atoms with van der Waals surface area (Å²) < 4.78 is 26.9. The molecule has 0 bridgehead atoms. The number of hydrogen-bond donors (Lipinski definition) is 2. The number of hydrogen-bond acceptors (Lipinski definition) is 4. The van der Waals surface area contributed by atoms with Crippen LogP contribution in [-0.4, -0.2) is 44.9 Å². The van der Waals surface area contributed by atoms with Crippen molar-refractivity contribution in [1.82, 2.24) is 9.62 Å². The first-order valence-electron chi connectivity index (χ1n) is 7.95. The molecule has 1 aliphatic carbocycles. The van der Waals surface area contributed by atoms with E-state index < -0.39 is 10.0 Å². The number of sulfonamides is 1. The molecular weight excluding hydrogens is 350 g/mol. The fourth-order valence-electron chi connectivity index (χ4n) is 2.81. The summed E-state index contributed by atoms with van der Waals surface area (Å²) in [5.74, 6) is -0.0683. The predicted molar refractivity (Wildman–Crippen MR) is 94.7 cm³/mol. The summed E-state index contributed by atoms with van der Waals surface area (Å²) in [7, 11) is -3.47. The summed E-state index contributed by atoms with van der Waals surface area (Å²) in [6.45, 7) is 3.97. The molecule has 1 aromatic rings. The first kappa shape index (κ1) is 19.2. The Morgan fingerprint density at radius 2 is 1.96 bits per heavy atom. The molecule has 2 fully saturated rings. The molecule has 1 aliphatic heterocycles. The van der Waals surface area contributed by atoms with Crippen molar-refractivity contribution < 1.29 is 13.2 Å². The van der Waals surface area contributed by atoms with Crippen molar-refractivity contribution >= 4 is 28.3 Å². The maximum absolute atomic E-state index is 12.5. The van der Waals surface area contributed by atoms with Gasteiger partial charge in [-0.2, -0.15) is 0 Å². The van der Waals surface area contributed by atoms with Crippen LogP contribution in [0.5, 0.6) is 0 Å². The van der Waals surface area contributed by atoms with Crippen LogP contribution >= 0.6 is 12.4 Å². The first-order chi connectivity index (χ1) is 10.8. The van der Waals surface area contributed by atoms with Gasteiger partial charge in [-0.3, -0.25) is 4.79 Å². The number of carbonyl (C=O) groups is 1. The first-order valence-corrected chi connectivity index (χ1v) is 9.43. The van der Waals surface area contributed by atoms with Crippen LogP contribution in [-0.2, 0) is 10.0 Å². The molecule has 134 valence electrons. The van der Waals surface area contributed by atoms with Crippen molar-refractivity contribution in [2.45, 2.75) is 37.1 Å². The molecule has 6 nitrogen and oxygen atoms in total. The van der Waals surface area contributed by atoms with Gasteiger partial charge < -0.3 is 10.6 Å². The van der Waals surface area contributed by atoms with Crippen LogP contribution in [0.4, 0.5) is 0 Å². The van der Waals surface area contributed by atoms with E-state index >= 15 is 0 Å². The van der Waals surface area contributed by atoms with Crippen molar-refractivity contribution in [3.63, 3.8) is 0 Å². The lowest BCUT2D eigenvalue weighted by Crippen LogP contribution is -2.34. The van der Waals surface area contributed by atoms with Gasteiger partial charge in [-0.1, -0.05) is 6.92 Å². The smallest absolute Gasteiger partial charge is 0.253 e. The summed E-state index contributed by atoms with van der Waals surface area (Å²) in [4.78, 5) is 14.5. The molecular formula is C16H24ClN3O3S. The second-order valence-electron chi connectivity index (χ2n) is 6.91. The van der Waals surface area contributed by atoms with Crippen LogP contribution in [0, 0.1) is 5.41 Å². The zero-order valence-corrected chi connectivity index (χ0v) is 15.3. The van der Waals surface area contributed by atoms with Gasteiger partial charge in [0.1, 0.15) is 0 Å². The van der Waals surface area contributed by atoms with Crippen LogP contribution in [0.15, 0.2) is 29.2 Å². The van der Waals surface area contributed by atoms with Crippen LogP contribution in [0.3, 0.4) is 0 Å². The van der Waals surface area contributed by atoms with Gasteiger partial charge in [0.05, 0.1) is 4.90 Å². The zero-order chi connectivity index (χ0) is 16.7. The van der Waals surface area contributed by atoms with Gasteiger partial charge >= 0.3 is 0 Å². The monoisotopic (exact) mass is 373 g/mol. The second kappa shape index (κ2) is 7.00. The molecule has 1 unspecified atom stereocenters. The minimum Gasteiger partial charge on any atom is -0.338 e. The highest BCUT2D eigenvalue weighted by Crippen LogP contribution is 2.29. The molecule has 3 N–H and O–H groups in total. The van der Waals surface area contributed by atoms with Gasteiger partial charge in [-0.15, -0.1) is 12.4 Å². The molecule has 1 heterocycles. The number of nitrogens with two attached hydrogens (primary N) is 1. The maximum atomic E-state index is 12.5. The molecule has 1 atom stereocenters. The van der Waals surface area contributed by atoms with E-state index in [-0.39, 0.29) is 34.7 Å². The van der Waals surface area contributed by atoms with E-state index in [2.05, 4.69) is 11.6 Å². The minimum absolute atomic E-state index is 0. The molecule has 1 saturated heterocycles. The number of nitrogens with one attached hydrogen (secondary N) is 1. The molecule has 2 aliphatic rings. The standard InChI is InChI=1S/C16H23N3O3S.ClH/c1-16(10-17)8-9-19(11-16)15(20)12-2-6-14(7-3-12)23(21,22)18-13-4-5-13;/h2-3,6-7,13,18H,4-5,8-11,17H2,1H3;1H. The van der Waals surface area contributed by atoms with E-state index in [1.54, 1.807) is 17.0 Å². The molecule has 0 aromatic heterocycles. The average Bonchev–Trinajstić information content (AvgIpc) is 3.25.